The van der Waals surface area contributed by atoms with Crippen LogP contribution >= 0.6 is 0 Å². The summed E-state index contributed by atoms with van der Waals surface area (Å²) in [5.41, 5.74) is 6.14. The average Bonchev–Trinajstić information content (AvgIpc) is 3.02. The lowest BCUT2D eigenvalue weighted by Crippen LogP contribution is -2.19. The number of carbonyl (C=O) groups excluding carboxylic acids is 1. The highest BCUT2D eigenvalue weighted by Crippen LogP contribution is 2.06. The molecule has 0 aliphatic rings. The molecule has 0 saturated carbocycles. The van der Waals surface area contributed by atoms with Crippen LogP contribution in [0.5, 0.6) is 0 Å². The summed E-state index contributed by atoms with van der Waals surface area (Å²) < 4.78 is 3.49. The van der Waals surface area contributed by atoms with Gasteiger partial charge in [0.15, 0.2) is 5.82 Å². The van der Waals surface area contributed by atoms with Crippen molar-refractivity contribution in [3.63, 3.8) is 0 Å². The minimum atomic E-state index is -0.492. The molecule has 2 heterocycles. The van der Waals surface area contributed by atoms with Crippen LogP contribution in [0, 0.1) is 6.92 Å². The van der Waals surface area contributed by atoms with Gasteiger partial charge in [0.25, 0.3) is 0 Å². The Balaban J connectivity index is 2.11. The molecule has 2 rings (SSSR count). The van der Waals surface area contributed by atoms with E-state index in [1.165, 1.54) is 0 Å². The maximum Gasteiger partial charge on any atom is 0.225 e. The first kappa shape index (κ1) is 16.2. The highest BCUT2D eigenvalue weighted by Gasteiger charge is 2.14. The second-order valence-corrected chi connectivity index (χ2v) is 5.30. The highest BCUT2D eigenvalue weighted by molar-refractivity contribution is 5.75. The second kappa shape index (κ2) is 7.17. The summed E-state index contributed by atoms with van der Waals surface area (Å²) in [6.45, 7) is 4.85. The van der Waals surface area contributed by atoms with Crippen LogP contribution in [-0.2, 0) is 30.7 Å². The van der Waals surface area contributed by atoms with Gasteiger partial charge in [-0.3, -0.25) is 9.48 Å². The third-order valence-corrected chi connectivity index (χ3v) is 3.32. The van der Waals surface area contributed by atoms with E-state index in [1.54, 1.807) is 4.68 Å². The molecule has 3 N–H and O–H groups in total. The Morgan fingerprint density at radius 1 is 1.45 bits per heavy atom. The van der Waals surface area contributed by atoms with E-state index in [-0.39, 0.29) is 6.42 Å². The standard InChI is InChI=1S/C14H22N6O2/c1-3-11(21)9-20-14(16-13(18-20)8-12(15)22)5-7-19-6-4-10(2)17-19/h4,6,11,21H,3,5,7-9H2,1-2H3,(H2,15,22). The normalized spacial score (nSPS) is 12.5. The number of rotatable bonds is 8. The summed E-state index contributed by atoms with van der Waals surface area (Å²) in [4.78, 5) is 15.4. The van der Waals surface area contributed by atoms with Gasteiger partial charge in [-0.2, -0.15) is 10.2 Å². The van der Waals surface area contributed by atoms with Gasteiger partial charge >= 0.3 is 0 Å². The summed E-state index contributed by atoms with van der Waals surface area (Å²) >= 11 is 0. The number of aryl methyl sites for hydroxylation is 3. The van der Waals surface area contributed by atoms with E-state index in [0.29, 0.717) is 31.8 Å². The maximum atomic E-state index is 11.0. The summed E-state index contributed by atoms with van der Waals surface area (Å²) in [5.74, 6) is 0.641. The van der Waals surface area contributed by atoms with Gasteiger partial charge in [0, 0.05) is 19.2 Å². The predicted octanol–water partition coefficient (Wildman–Crippen LogP) is -0.176. The average molecular weight is 306 g/mol. The van der Waals surface area contributed by atoms with Crippen LogP contribution in [0.3, 0.4) is 0 Å². The third kappa shape index (κ3) is 4.39. The Labute approximate surface area is 129 Å². The first-order valence-electron chi connectivity index (χ1n) is 7.37. The number of primary amides is 1. The fraction of sp³-hybridized carbons (Fsp3) is 0.571. The Morgan fingerprint density at radius 3 is 2.82 bits per heavy atom. The molecule has 2 aromatic heterocycles. The number of nitrogens with zero attached hydrogens (tertiary/aromatic N) is 5. The van der Waals surface area contributed by atoms with Crippen molar-refractivity contribution in [1.82, 2.24) is 24.5 Å². The van der Waals surface area contributed by atoms with E-state index in [2.05, 4.69) is 15.2 Å². The van der Waals surface area contributed by atoms with Crippen molar-refractivity contribution in [1.29, 1.82) is 0 Å². The molecule has 0 radical (unpaired) electrons. The van der Waals surface area contributed by atoms with Crippen molar-refractivity contribution in [3.8, 4) is 0 Å². The molecule has 0 spiro atoms. The van der Waals surface area contributed by atoms with Crippen molar-refractivity contribution in [2.75, 3.05) is 0 Å². The zero-order valence-corrected chi connectivity index (χ0v) is 12.9. The van der Waals surface area contributed by atoms with Gasteiger partial charge in [-0.15, -0.1) is 0 Å². The van der Waals surface area contributed by atoms with E-state index in [0.717, 1.165) is 11.5 Å². The SMILES string of the molecule is CCC(O)Cn1nc(CC(N)=O)nc1CCn1ccc(C)n1. The molecule has 1 unspecified atom stereocenters. The molecule has 0 fully saturated rings. The number of carbonyl (C=O) groups is 1. The maximum absolute atomic E-state index is 11.0. The van der Waals surface area contributed by atoms with Gasteiger partial charge in [0.2, 0.25) is 5.91 Å². The number of hydrogen-bond acceptors (Lipinski definition) is 5. The van der Waals surface area contributed by atoms with Crippen LogP contribution in [0.25, 0.3) is 0 Å². The molecule has 1 atom stereocenters. The largest absolute Gasteiger partial charge is 0.391 e. The van der Waals surface area contributed by atoms with Crippen molar-refractivity contribution in [2.24, 2.45) is 5.73 Å². The quantitative estimate of drug-likeness (QED) is 0.703. The smallest absolute Gasteiger partial charge is 0.225 e. The van der Waals surface area contributed by atoms with Gasteiger partial charge < -0.3 is 10.8 Å². The summed E-state index contributed by atoms with van der Waals surface area (Å²) in [6.07, 6.45) is 2.66. The topological polar surface area (TPSA) is 112 Å². The van der Waals surface area contributed by atoms with Gasteiger partial charge in [-0.05, 0) is 19.4 Å². The molecule has 0 aliphatic heterocycles. The monoisotopic (exact) mass is 306 g/mol. The second-order valence-electron chi connectivity index (χ2n) is 5.30. The highest BCUT2D eigenvalue weighted by atomic mass is 16.3. The lowest BCUT2D eigenvalue weighted by molar-refractivity contribution is -0.117. The number of aliphatic hydroxyl groups excluding tert-OH is 1. The van der Waals surface area contributed by atoms with Crippen molar-refractivity contribution >= 4 is 5.91 Å². The molecule has 0 bridgehead atoms. The molecule has 8 heteroatoms. The van der Waals surface area contributed by atoms with E-state index >= 15 is 0 Å². The summed E-state index contributed by atoms with van der Waals surface area (Å²) in [6, 6.07) is 1.93. The number of amides is 1. The summed E-state index contributed by atoms with van der Waals surface area (Å²) in [5, 5.41) is 18.4. The summed E-state index contributed by atoms with van der Waals surface area (Å²) in [7, 11) is 0. The molecular formula is C14H22N6O2. The molecule has 0 aliphatic carbocycles. The van der Waals surface area contributed by atoms with Crippen LogP contribution in [0.4, 0.5) is 0 Å². The predicted molar refractivity (Wildman–Crippen MR) is 79.9 cm³/mol. The van der Waals surface area contributed by atoms with Gasteiger partial charge in [0.1, 0.15) is 5.82 Å². The van der Waals surface area contributed by atoms with Gasteiger partial charge in [-0.25, -0.2) is 9.67 Å². The Hall–Kier alpha value is -2.22. The minimum absolute atomic E-state index is 0.00307. The lowest BCUT2D eigenvalue weighted by Gasteiger charge is -2.10. The van der Waals surface area contributed by atoms with E-state index in [9.17, 15) is 9.90 Å². The Morgan fingerprint density at radius 2 is 2.23 bits per heavy atom. The zero-order valence-electron chi connectivity index (χ0n) is 12.9. The Kier molecular flexibility index (Phi) is 5.26. The van der Waals surface area contributed by atoms with Crippen molar-refractivity contribution in [3.05, 3.63) is 29.6 Å². The van der Waals surface area contributed by atoms with Crippen LogP contribution in [0.1, 0.15) is 30.7 Å². The molecule has 2 aromatic rings. The number of aromatic nitrogens is 5. The molecule has 22 heavy (non-hydrogen) atoms. The zero-order chi connectivity index (χ0) is 16.1. The lowest BCUT2D eigenvalue weighted by atomic mass is 10.3. The number of hydrogen-bond donors (Lipinski definition) is 2. The third-order valence-electron chi connectivity index (χ3n) is 3.32. The van der Waals surface area contributed by atoms with Crippen LogP contribution in [0.2, 0.25) is 0 Å². The first-order valence-corrected chi connectivity index (χ1v) is 7.37. The fourth-order valence-corrected chi connectivity index (χ4v) is 2.12. The molecule has 1 amide bonds. The fourth-order valence-electron chi connectivity index (χ4n) is 2.12. The van der Waals surface area contributed by atoms with E-state index in [4.69, 9.17) is 5.73 Å². The molecule has 8 nitrogen and oxygen atoms in total. The van der Waals surface area contributed by atoms with Crippen molar-refractivity contribution < 1.29 is 9.90 Å². The molecule has 0 aromatic carbocycles. The number of aliphatic hydroxyl groups is 1. The van der Waals surface area contributed by atoms with Crippen LogP contribution < -0.4 is 5.73 Å². The molecule has 120 valence electrons. The molecular weight excluding hydrogens is 284 g/mol. The van der Waals surface area contributed by atoms with Gasteiger partial charge in [0.05, 0.1) is 24.8 Å². The number of nitrogens with two attached hydrogens (primary N) is 1. The van der Waals surface area contributed by atoms with E-state index in [1.807, 2.05) is 30.8 Å². The van der Waals surface area contributed by atoms with Crippen molar-refractivity contribution in [2.45, 2.75) is 52.3 Å². The Bertz CT molecular complexity index is 633. The first-order chi connectivity index (χ1) is 10.5. The van der Waals surface area contributed by atoms with Crippen LogP contribution in [-0.4, -0.2) is 41.7 Å². The molecule has 0 saturated heterocycles. The van der Waals surface area contributed by atoms with Crippen LogP contribution in [0.15, 0.2) is 12.3 Å². The van der Waals surface area contributed by atoms with Gasteiger partial charge in [-0.1, -0.05) is 6.92 Å². The minimum Gasteiger partial charge on any atom is -0.391 e. The van der Waals surface area contributed by atoms with E-state index < -0.39 is 12.0 Å².